The standard InChI is InChI=1S/C14H19N3O2/c1-3-4-5-6-13(18)17-11-7-10(9-15)8-12(19-2)14(11)16/h7-8H,3-6,16H2,1-2H3,(H,17,18). The van der Waals surface area contributed by atoms with Crippen LogP contribution in [-0.4, -0.2) is 13.0 Å². The molecule has 0 aromatic heterocycles. The number of carbonyl (C=O) groups is 1. The van der Waals surface area contributed by atoms with Crippen molar-refractivity contribution in [3.63, 3.8) is 0 Å². The molecule has 0 aliphatic heterocycles. The van der Waals surface area contributed by atoms with E-state index in [-0.39, 0.29) is 5.91 Å². The molecule has 1 amide bonds. The molecule has 0 aliphatic carbocycles. The van der Waals surface area contributed by atoms with Crippen LogP contribution in [0.25, 0.3) is 0 Å². The number of nitrogen functional groups attached to an aromatic ring is 1. The Morgan fingerprint density at radius 1 is 1.47 bits per heavy atom. The predicted molar refractivity (Wildman–Crippen MR) is 74.9 cm³/mol. The van der Waals surface area contributed by atoms with Crippen molar-refractivity contribution in [2.45, 2.75) is 32.6 Å². The second-order valence-electron chi connectivity index (χ2n) is 4.26. The molecule has 5 nitrogen and oxygen atoms in total. The number of nitrogens with two attached hydrogens (primary N) is 1. The van der Waals surface area contributed by atoms with E-state index in [1.54, 1.807) is 12.1 Å². The molecule has 0 saturated carbocycles. The minimum atomic E-state index is -0.0997. The van der Waals surface area contributed by atoms with Crippen molar-refractivity contribution in [3.8, 4) is 11.8 Å². The SMILES string of the molecule is CCCCCC(=O)Nc1cc(C#N)cc(OC)c1N. The molecule has 0 unspecified atom stereocenters. The van der Waals surface area contributed by atoms with E-state index in [0.717, 1.165) is 19.3 Å². The summed E-state index contributed by atoms with van der Waals surface area (Å²) >= 11 is 0. The van der Waals surface area contributed by atoms with E-state index in [9.17, 15) is 4.79 Å². The summed E-state index contributed by atoms with van der Waals surface area (Å²) in [5, 5.41) is 11.6. The van der Waals surface area contributed by atoms with E-state index in [1.165, 1.54) is 7.11 Å². The van der Waals surface area contributed by atoms with Gasteiger partial charge in [-0.2, -0.15) is 5.26 Å². The first kappa shape index (κ1) is 14.8. The summed E-state index contributed by atoms with van der Waals surface area (Å²) in [4.78, 5) is 11.7. The van der Waals surface area contributed by atoms with Gasteiger partial charge in [-0.15, -0.1) is 0 Å². The van der Waals surface area contributed by atoms with Crippen molar-refractivity contribution in [3.05, 3.63) is 17.7 Å². The summed E-state index contributed by atoms with van der Waals surface area (Å²) < 4.78 is 5.08. The fourth-order valence-electron chi connectivity index (χ4n) is 1.71. The van der Waals surface area contributed by atoms with Gasteiger partial charge in [0.05, 0.1) is 30.1 Å². The molecule has 19 heavy (non-hydrogen) atoms. The van der Waals surface area contributed by atoms with Gasteiger partial charge in [-0.25, -0.2) is 0 Å². The van der Waals surface area contributed by atoms with Gasteiger partial charge in [0.25, 0.3) is 0 Å². The topological polar surface area (TPSA) is 88.1 Å². The molecule has 1 rings (SSSR count). The lowest BCUT2D eigenvalue weighted by Gasteiger charge is -2.12. The molecule has 0 heterocycles. The Labute approximate surface area is 113 Å². The molecule has 5 heteroatoms. The minimum absolute atomic E-state index is 0.0997. The van der Waals surface area contributed by atoms with Crippen LogP contribution in [0.3, 0.4) is 0 Å². The van der Waals surface area contributed by atoms with Crippen molar-refractivity contribution < 1.29 is 9.53 Å². The van der Waals surface area contributed by atoms with Crippen molar-refractivity contribution in [2.75, 3.05) is 18.2 Å². The lowest BCUT2D eigenvalue weighted by atomic mass is 10.1. The monoisotopic (exact) mass is 261 g/mol. The van der Waals surface area contributed by atoms with Crippen molar-refractivity contribution in [1.29, 1.82) is 5.26 Å². The fraction of sp³-hybridized carbons (Fsp3) is 0.429. The molecule has 1 aromatic carbocycles. The molecule has 0 bridgehead atoms. The molecule has 3 N–H and O–H groups in total. The van der Waals surface area contributed by atoms with E-state index in [2.05, 4.69) is 12.2 Å². The zero-order chi connectivity index (χ0) is 14.3. The van der Waals surface area contributed by atoms with Crippen LogP contribution in [0.4, 0.5) is 11.4 Å². The van der Waals surface area contributed by atoms with E-state index in [1.807, 2.05) is 6.07 Å². The van der Waals surface area contributed by atoms with Gasteiger partial charge in [0, 0.05) is 12.5 Å². The zero-order valence-electron chi connectivity index (χ0n) is 11.3. The van der Waals surface area contributed by atoms with Gasteiger partial charge < -0.3 is 15.8 Å². The van der Waals surface area contributed by atoms with Crippen LogP contribution in [0.5, 0.6) is 5.75 Å². The first-order chi connectivity index (χ1) is 9.12. The highest BCUT2D eigenvalue weighted by Gasteiger charge is 2.11. The molecular formula is C14H19N3O2. The first-order valence-electron chi connectivity index (χ1n) is 6.29. The van der Waals surface area contributed by atoms with Gasteiger partial charge in [0.15, 0.2) is 0 Å². The molecule has 0 aliphatic rings. The Hall–Kier alpha value is -2.22. The molecule has 0 atom stereocenters. The van der Waals surface area contributed by atoms with Crippen LogP contribution in [-0.2, 0) is 4.79 Å². The number of unbranched alkanes of at least 4 members (excludes halogenated alkanes) is 2. The third-order valence-electron chi connectivity index (χ3n) is 2.77. The van der Waals surface area contributed by atoms with Crippen LogP contribution in [0.15, 0.2) is 12.1 Å². The lowest BCUT2D eigenvalue weighted by molar-refractivity contribution is -0.116. The lowest BCUT2D eigenvalue weighted by Crippen LogP contribution is -2.13. The number of hydrogen-bond donors (Lipinski definition) is 2. The third-order valence-corrected chi connectivity index (χ3v) is 2.77. The number of carbonyl (C=O) groups excluding carboxylic acids is 1. The van der Waals surface area contributed by atoms with E-state index in [0.29, 0.717) is 29.1 Å². The second-order valence-corrected chi connectivity index (χ2v) is 4.26. The highest BCUT2D eigenvalue weighted by molar-refractivity contribution is 5.95. The maximum Gasteiger partial charge on any atom is 0.224 e. The molecule has 0 radical (unpaired) electrons. The normalized spacial score (nSPS) is 9.74. The van der Waals surface area contributed by atoms with Crippen LogP contribution < -0.4 is 15.8 Å². The number of amides is 1. The molecule has 0 saturated heterocycles. The van der Waals surface area contributed by atoms with Gasteiger partial charge in [0.1, 0.15) is 5.75 Å². The van der Waals surface area contributed by atoms with Gasteiger partial charge in [-0.1, -0.05) is 19.8 Å². The maximum absolute atomic E-state index is 11.7. The van der Waals surface area contributed by atoms with Gasteiger partial charge in [-0.3, -0.25) is 4.79 Å². The van der Waals surface area contributed by atoms with Gasteiger partial charge in [-0.05, 0) is 12.5 Å². The number of hydrogen-bond acceptors (Lipinski definition) is 4. The summed E-state index contributed by atoms with van der Waals surface area (Å²) in [5.41, 5.74) is 7.04. The Kier molecular flexibility index (Phi) is 5.68. The third kappa shape index (κ3) is 4.18. The summed E-state index contributed by atoms with van der Waals surface area (Å²) in [5.74, 6) is 0.292. The number of nitrogens with zero attached hydrogens (tertiary/aromatic N) is 1. The molecular weight excluding hydrogens is 242 g/mol. The van der Waals surface area contributed by atoms with Crippen molar-refractivity contribution in [2.24, 2.45) is 0 Å². The second kappa shape index (κ2) is 7.27. The Morgan fingerprint density at radius 3 is 2.79 bits per heavy atom. The highest BCUT2D eigenvalue weighted by Crippen LogP contribution is 2.31. The predicted octanol–water partition coefficient (Wildman–Crippen LogP) is 2.67. The van der Waals surface area contributed by atoms with Crippen LogP contribution in [0.1, 0.15) is 38.2 Å². The number of benzene rings is 1. The fourth-order valence-corrected chi connectivity index (χ4v) is 1.71. The Morgan fingerprint density at radius 2 is 2.21 bits per heavy atom. The smallest absolute Gasteiger partial charge is 0.224 e. The van der Waals surface area contributed by atoms with Crippen LogP contribution in [0, 0.1) is 11.3 Å². The van der Waals surface area contributed by atoms with E-state index >= 15 is 0 Å². The Bertz CT molecular complexity index is 492. The average molecular weight is 261 g/mol. The quantitative estimate of drug-likeness (QED) is 0.608. The van der Waals surface area contributed by atoms with Gasteiger partial charge in [0.2, 0.25) is 5.91 Å². The number of rotatable bonds is 6. The minimum Gasteiger partial charge on any atom is -0.494 e. The van der Waals surface area contributed by atoms with E-state index in [4.69, 9.17) is 15.7 Å². The number of nitrogens with one attached hydrogen (secondary N) is 1. The molecule has 0 spiro atoms. The van der Waals surface area contributed by atoms with Crippen molar-refractivity contribution >= 4 is 17.3 Å². The number of ether oxygens (including phenoxy) is 1. The van der Waals surface area contributed by atoms with Crippen molar-refractivity contribution in [1.82, 2.24) is 0 Å². The van der Waals surface area contributed by atoms with Gasteiger partial charge >= 0.3 is 0 Å². The van der Waals surface area contributed by atoms with Crippen LogP contribution >= 0.6 is 0 Å². The Balaban J connectivity index is 2.82. The number of methoxy groups -OCH3 is 1. The maximum atomic E-state index is 11.7. The zero-order valence-corrected chi connectivity index (χ0v) is 11.3. The average Bonchev–Trinajstić information content (AvgIpc) is 2.41. The molecule has 1 aromatic rings. The summed E-state index contributed by atoms with van der Waals surface area (Å²) in [6.45, 7) is 2.08. The first-order valence-corrected chi connectivity index (χ1v) is 6.29. The summed E-state index contributed by atoms with van der Waals surface area (Å²) in [7, 11) is 1.47. The molecule has 0 fully saturated rings. The van der Waals surface area contributed by atoms with E-state index < -0.39 is 0 Å². The summed E-state index contributed by atoms with van der Waals surface area (Å²) in [6, 6.07) is 5.10. The largest absolute Gasteiger partial charge is 0.494 e. The summed E-state index contributed by atoms with van der Waals surface area (Å²) in [6.07, 6.45) is 3.38. The van der Waals surface area contributed by atoms with Crippen LogP contribution in [0.2, 0.25) is 0 Å². The number of anilines is 2. The number of nitriles is 1. The highest BCUT2D eigenvalue weighted by atomic mass is 16.5. The molecule has 102 valence electrons.